The number of rotatable bonds is 7. The first-order valence-electron chi connectivity index (χ1n) is 8.69. The zero-order valence-corrected chi connectivity index (χ0v) is 18.6. The lowest BCUT2D eigenvalue weighted by molar-refractivity contribution is 0.104. The van der Waals surface area contributed by atoms with E-state index in [4.69, 9.17) is 32.7 Å². The number of methoxy groups -OCH3 is 1. The number of halogens is 3. The van der Waals surface area contributed by atoms with Gasteiger partial charge in [-0.1, -0.05) is 57.3 Å². The number of benzene rings is 3. The van der Waals surface area contributed by atoms with Crippen molar-refractivity contribution in [3.8, 4) is 11.5 Å². The van der Waals surface area contributed by atoms with Crippen LogP contribution in [0.5, 0.6) is 11.5 Å². The SMILES string of the molecule is COc1cccc(/C=C/C(=O)c2ccc(Br)cc2)c1OCc1ccc(Cl)c(Cl)c1. The van der Waals surface area contributed by atoms with Crippen molar-refractivity contribution in [3.63, 3.8) is 0 Å². The molecule has 0 aliphatic heterocycles. The van der Waals surface area contributed by atoms with Gasteiger partial charge in [-0.2, -0.15) is 0 Å². The molecular formula is C23H17BrCl2O3. The first-order valence-corrected chi connectivity index (χ1v) is 10.2. The topological polar surface area (TPSA) is 35.5 Å². The summed E-state index contributed by atoms with van der Waals surface area (Å²) in [6.07, 6.45) is 3.24. The minimum Gasteiger partial charge on any atom is -0.493 e. The largest absolute Gasteiger partial charge is 0.493 e. The number of carbonyl (C=O) groups is 1. The van der Waals surface area contributed by atoms with E-state index in [1.807, 2.05) is 30.3 Å². The Morgan fingerprint density at radius 1 is 1.03 bits per heavy atom. The van der Waals surface area contributed by atoms with Gasteiger partial charge < -0.3 is 9.47 Å². The standard InChI is InChI=1S/C23H17BrCl2O3/c1-28-22-4-2-3-17(8-12-21(27)16-6-9-18(24)10-7-16)23(22)29-14-15-5-11-19(25)20(26)13-15/h2-13H,14H2,1H3/b12-8+. The predicted molar refractivity (Wildman–Crippen MR) is 121 cm³/mol. The zero-order valence-electron chi connectivity index (χ0n) is 15.5. The maximum absolute atomic E-state index is 12.4. The summed E-state index contributed by atoms with van der Waals surface area (Å²) in [5.41, 5.74) is 2.20. The van der Waals surface area contributed by atoms with Gasteiger partial charge >= 0.3 is 0 Å². The molecule has 3 aromatic carbocycles. The Balaban J connectivity index is 1.82. The van der Waals surface area contributed by atoms with Crippen molar-refractivity contribution in [1.82, 2.24) is 0 Å². The molecule has 0 aliphatic rings. The molecule has 0 unspecified atom stereocenters. The van der Waals surface area contributed by atoms with Crippen LogP contribution in [0.4, 0.5) is 0 Å². The third-order valence-electron chi connectivity index (χ3n) is 4.14. The molecule has 0 saturated heterocycles. The Bertz CT molecular complexity index is 1050. The number of allylic oxidation sites excluding steroid dienone is 1. The van der Waals surface area contributed by atoms with E-state index >= 15 is 0 Å². The summed E-state index contributed by atoms with van der Waals surface area (Å²) in [5.74, 6) is 1.01. The van der Waals surface area contributed by atoms with Crippen LogP contribution in [0, 0.1) is 0 Å². The normalized spacial score (nSPS) is 10.9. The molecular weight excluding hydrogens is 475 g/mol. The molecule has 0 radical (unpaired) electrons. The van der Waals surface area contributed by atoms with Gasteiger partial charge in [0, 0.05) is 15.6 Å². The number of ether oxygens (including phenoxy) is 2. The lowest BCUT2D eigenvalue weighted by Gasteiger charge is -2.14. The summed E-state index contributed by atoms with van der Waals surface area (Å²) in [6, 6.07) is 18.0. The Labute approximate surface area is 188 Å². The fourth-order valence-corrected chi connectivity index (χ4v) is 3.23. The molecule has 29 heavy (non-hydrogen) atoms. The maximum atomic E-state index is 12.4. The molecule has 3 aromatic rings. The lowest BCUT2D eigenvalue weighted by Crippen LogP contribution is -2.00. The molecule has 6 heteroatoms. The molecule has 0 atom stereocenters. The van der Waals surface area contributed by atoms with Crippen LogP contribution >= 0.6 is 39.1 Å². The number of ketones is 1. The molecule has 0 spiro atoms. The van der Waals surface area contributed by atoms with E-state index in [9.17, 15) is 4.79 Å². The van der Waals surface area contributed by atoms with Crippen LogP contribution in [0.2, 0.25) is 10.0 Å². The second-order valence-corrected chi connectivity index (χ2v) is 7.85. The van der Waals surface area contributed by atoms with Crippen molar-refractivity contribution in [3.05, 3.63) is 97.9 Å². The Kier molecular flexibility index (Phi) is 7.37. The smallest absolute Gasteiger partial charge is 0.185 e. The fraction of sp³-hybridized carbons (Fsp3) is 0.0870. The predicted octanol–water partition coefficient (Wildman–Crippen LogP) is 7.24. The summed E-state index contributed by atoms with van der Waals surface area (Å²) >= 11 is 15.4. The van der Waals surface area contributed by atoms with E-state index in [2.05, 4.69) is 15.9 Å². The van der Waals surface area contributed by atoms with Crippen LogP contribution in [0.1, 0.15) is 21.5 Å². The van der Waals surface area contributed by atoms with Crippen LogP contribution in [-0.4, -0.2) is 12.9 Å². The van der Waals surface area contributed by atoms with Crippen LogP contribution in [-0.2, 0) is 6.61 Å². The molecule has 0 heterocycles. The van der Waals surface area contributed by atoms with Crippen LogP contribution in [0.15, 0.2) is 71.2 Å². The van der Waals surface area contributed by atoms with Gasteiger partial charge in [0.1, 0.15) is 6.61 Å². The molecule has 3 rings (SSSR count). The van der Waals surface area contributed by atoms with Crippen LogP contribution < -0.4 is 9.47 Å². The fourth-order valence-electron chi connectivity index (χ4n) is 2.64. The van der Waals surface area contributed by atoms with Crippen molar-refractivity contribution in [2.24, 2.45) is 0 Å². The molecule has 0 aromatic heterocycles. The molecule has 0 amide bonds. The highest BCUT2D eigenvalue weighted by Crippen LogP contribution is 2.33. The second kappa shape index (κ2) is 9.97. The summed E-state index contributed by atoms with van der Waals surface area (Å²) in [4.78, 5) is 12.4. The average Bonchev–Trinajstić information content (AvgIpc) is 2.73. The Morgan fingerprint density at radius 3 is 2.48 bits per heavy atom. The van der Waals surface area contributed by atoms with Gasteiger partial charge in [0.05, 0.1) is 17.2 Å². The van der Waals surface area contributed by atoms with Crippen molar-refractivity contribution >= 4 is 51.0 Å². The van der Waals surface area contributed by atoms with Crippen molar-refractivity contribution in [1.29, 1.82) is 0 Å². The van der Waals surface area contributed by atoms with E-state index in [0.717, 1.165) is 15.6 Å². The van der Waals surface area contributed by atoms with Gasteiger partial charge in [-0.05, 0) is 60.2 Å². The van der Waals surface area contributed by atoms with Gasteiger partial charge in [0.15, 0.2) is 17.3 Å². The molecule has 0 N–H and O–H groups in total. The zero-order chi connectivity index (χ0) is 20.8. The summed E-state index contributed by atoms with van der Waals surface area (Å²) < 4.78 is 12.3. The monoisotopic (exact) mass is 490 g/mol. The minimum atomic E-state index is -0.101. The Morgan fingerprint density at radius 2 is 1.79 bits per heavy atom. The molecule has 0 aliphatic carbocycles. The summed E-state index contributed by atoms with van der Waals surface area (Å²) in [6.45, 7) is 0.277. The number of carbonyl (C=O) groups excluding carboxylic acids is 1. The maximum Gasteiger partial charge on any atom is 0.185 e. The second-order valence-electron chi connectivity index (χ2n) is 6.12. The van der Waals surface area contributed by atoms with E-state index < -0.39 is 0 Å². The summed E-state index contributed by atoms with van der Waals surface area (Å²) in [7, 11) is 1.57. The van der Waals surface area contributed by atoms with Gasteiger partial charge in [0.25, 0.3) is 0 Å². The average molecular weight is 492 g/mol. The van der Waals surface area contributed by atoms with Crippen molar-refractivity contribution < 1.29 is 14.3 Å². The molecule has 148 valence electrons. The highest BCUT2D eigenvalue weighted by molar-refractivity contribution is 9.10. The first-order chi connectivity index (χ1) is 14.0. The molecule has 3 nitrogen and oxygen atoms in total. The Hall–Kier alpha value is -2.27. The quantitative estimate of drug-likeness (QED) is 0.258. The first kappa shape index (κ1) is 21.4. The third-order valence-corrected chi connectivity index (χ3v) is 5.41. The molecule has 0 fully saturated rings. The van der Waals surface area contributed by atoms with Gasteiger partial charge in [0.2, 0.25) is 0 Å². The van der Waals surface area contributed by atoms with Gasteiger partial charge in [-0.3, -0.25) is 4.79 Å². The number of para-hydroxylation sites is 1. The van der Waals surface area contributed by atoms with Crippen LogP contribution in [0.3, 0.4) is 0 Å². The van der Waals surface area contributed by atoms with Gasteiger partial charge in [-0.15, -0.1) is 0 Å². The van der Waals surface area contributed by atoms with E-state index in [1.165, 1.54) is 6.08 Å². The van der Waals surface area contributed by atoms with Crippen molar-refractivity contribution in [2.75, 3.05) is 7.11 Å². The third kappa shape index (κ3) is 5.63. The highest BCUT2D eigenvalue weighted by Gasteiger charge is 2.11. The summed E-state index contributed by atoms with van der Waals surface area (Å²) in [5, 5.41) is 0.954. The minimum absolute atomic E-state index is 0.101. The van der Waals surface area contributed by atoms with E-state index in [0.29, 0.717) is 27.1 Å². The van der Waals surface area contributed by atoms with Gasteiger partial charge in [-0.25, -0.2) is 0 Å². The van der Waals surface area contributed by atoms with Crippen LogP contribution in [0.25, 0.3) is 6.08 Å². The van der Waals surface area contributed by atoms with Crippen molar-refractivity contribution in [2.45, 2.75) is 6.61 Å². The lowest BCUT2D eigenvalue weighted by atomic mass is 10.1. The number of hydrogen-bond donors (Lipinski definition) is 0. The van der Waals surface area contributed by atoms with E-state index in [1.54, 1.807) is 43.5 Å². The number of hydrogen-bond acceptors (Lipinski definition) is 3. The van der Waals surface area contributed by atoms with E-state index in [-0.39, 0.29) is 12.4 Å². The highest BCUT2D eigenvalue weighted by atomic mass is 79.9. The molecule has 0 bridgehead atoms. The molecule has 0 saturated carbocycles.